The highest BCUT2D eigenvalue weighted by atomic mass is 16.2. The Morgan fingerprint density at radius 3 is 1.56 bits per heavy atom. The molecule has 0 spiro atoms. The minimum absolute atomic E-state index is 0.0508. The van der Waals surface area contributed by atoms with Gasteiger partial charge >= 0.3 is 11.4 Å². The molecule has 0 radical (unpaired) electrons. The number of nitrogens with zero attached hydrogens (tertiary/aromatic N) is 13. The Hall–Kier alpha value is -5.52. The number of imidazole rings is 3. The maximum absolute atomic E-state index is 13.3. The van der Waals surface area contributed by atoms with Gasteiger partial charge in [-0.05, 0) is 0 Å². The molecule has 0 aliphatic carbocycles. The van der Waals surface area contributed by atoms with Crippen molar-refractivity contribution in [3.8, 4) is 0 Å². The Morgan fingerprint density at radius 2 is 1.07 bits per heavy atom. The molecule has 0 aromatic carbocycles. The van der Waals surface area contributed by atoms with Crippen LogP contribution in [0, 0.1) is 0 Å². The fourth-order valence-electron chi connectivity index (χ4n) is 5.36. The van der Waals surface area contributed by atoms with E-state index in [2.05, 4.69) is 21.5 Å². The van der Waals surface area contributed by atoms with Crippen LogP contribution in [0.1, 0.15) is 10.5 Å². The second-order valence-corrected chi connectivity index (χ2v) is 10.5. The van der Waals surface area contributed by atoms with Gasteiger partial charge in [0.25, 0.3) is 17.0 Å². The summed E-state index contributed by atoms with van der Waals surface area (Å²) in [4.78, 5) is 82.6. The molecule has 5 aromatic rings. The summed E-state index contributed by atoms with van der Waals surface area (Å²) in [6.45, 7) is 4.13. The lowest BCUT2D eigenvalue weighted by atomic mass is 10.3. The predicted molar refractivity (Wildman–Crippen MR) is 154 cm³/mol. The average Bonchev–Trinajstić information content (AvgIpc) is 3.72. The van der Waals surface area contributed by atoms with Gasteiger partial charge in [0.2, 0.25) is 0 Å². The maximum atomic E-state index is 13.3. The van der Waals surface area contributed by atoms with Gasteiger partial charge in [-0.15, -0.1) is 0 Å². The molecule has 43 heavy (non-hydrogen) atoms. The molecule has 6 rings (SSSR count). The molecule has 5 aromatic heterocycles. The normalized spacial score (nSPS) is 13.7. The first kappa shape index (κ1) is 27.6. The molecule has 0 atom stereocenters. The van der Waals surface area contributed by atoms with Gasteiger partial charge in [0, 0.05) is 42.3 Å². The third-order valence-electron chi connectivity index (χ3n) is 7.91. The summed E-state index contributed by atoms with van der Waals surface area (Å²) in [5, 5.41) is 0. The molecular weight excluding hydrogens is 562 g/mol. The van der Waals surface area contributed by atoms with Crippen LogP contribution in [0.2, 0.25) is 0 Å². The number of fused-ring (bicyclic) bond motifs is 3. The van der Waals surface area contributed by atoms with E-state index in [4.69, 9.17) is 0 Å². The molecule has 1 aliphatic rings. The highest BCUT2D eigenvalue weighted by Gasteiger charge is 2.33. The largest absolute Gasteiger partial charge is 0.332 e. The summed E-state index contributed by atoms with van der Waals surface area (Å²) < 4.78 is 9.43. The van der Waals surface area contributed by atoms with Crippen molar-refractivity contribution < 1.29 is 4.79 Å². The highest BCUT2D eigenvalue weighted by molar-refractivity contribution is 6.01. The van der Waals surface area contributed by atoms with Gasteiger partial charge in [0.15, 0.2) is 33.8 Å². The zero-order valence-electron chi connectivity index (χ0n) is 24.4. The van der Waals surface area contributed by atoms with Crippen LogP contribution in [0.5, 0.6) is 0 Å². The van der Waals surface area contributed by atoms with Crippen molar-refractivity contribution in [2.45, 2.75) is 20.0 Å². The van der Waals surface area contributed by atoms with Gasteiger partial charge in [0.1, 0.15) is 5.82 Å². The van der Waals surface area contributed by atoms with Crippen LogP contribution in [0.25, 0.3) is 22.3 Å². The van der Waals surface area contributed by atoms with Gasteiger partial charge < -0.3 is 18.6 Å². The zero-order valence-corrected chi connectivity index (χ0v) is 24.4. The second-order valence-electron chi connectivity index (χ2n) is 10.5. The van der Waals surface area contributed by atoms with Crippen LogP contribution >= 0.6 is 0 Å². The fraction of sp³-hybridized carbons (Fsp3) is 0.360. The number of carbonyl (C=O) groups excluding carboxylic acids is 1. The van der Waals surface area contributed by atoms with E-state index in [0.29, 0.717) is 17.3 Å². The van der Waals surface area contributed by atoms with Crippen molar-refractivity contribution in [1.29, 1.82) is 0 Å². The first-order valence-corrected chi connectivity index (χ1v) is 13.0. The number of rotatable bonds is 6. The molecule has 0 fully saturated rings. The van der Waals surface area contributed by atoms with Crippen LogP contribution in [-0.2, 0) is 48.2 Å². The lowest BCUT2D eigenvalue weighted by Gasteiger charge is -2.33. The van der Waals surface area contributed by atoms with Crippen LogP contribution in [0.3, 0.4) is 0 Å². The van der Waals surface area contributed by atoms with Crippen molar-refractivity contribution in [3.63, 3.8) is 0 Å². The third kappa shape index (κ3) is 3.90. The molecule has 1 aliphatic heterocycles. The van der Waals surface area contributed by atoms with Gasteiger partial charge in [-0.2, -0.15) is 0 Å². The van der Waals surface area contributed by atoms with E-state index in [0.717, 1.165) is 9.13 Å². The molecule has 0 saturated carbocycles. The lowest BCUT2D eigenvalue weighted by molar-refractivity contribution is 0.0797. The molecule has 0 unspecified atom stereocenters. The average molecular weight is 592 g/mol. The standard InChI is InChI=1S/C25H29N13O5/c1-14-29(2)18-15(21(39)30(14)3)36(8-26-18)11-35(12-37-9-27-19-16(37)22(40)33(6)24(42)31(19)4)13-38-10-28-20-17(38)23(41)34(7)25(43)32(20)5/h8-10H,1,11-13H2,2-7H3. The Balaban J connectivity index is 1.49. The van der Waals surface area contributed by atoms with Crippen molar-refractivity contribution in [2.24, 2.45) is 28.2 Å². The first-order chi connectivity index (χ1) is 20.3. The van der Waals surface area contributed by atoms with E-state index < -0.39 is 22.5 Å². The lowest BCUT2D eigenvalue weighted by Crippen LogP contribution is -2.42. The molecule has 6 heterocycles. The first-order valence-electron chi connectivity index (χ1n) is 13.0. The number of amides is 1. The number of hydrogen-bond acceptors (Lipinski definition) is 10. The van der Waals surface area contributed by atoms with E-state index in [1.165, 1.54) is 61.2 Å². The quantitative estimate of drug-likeness (QED) is 0.214. The molecule has 224 valence electrons. The highest BCUT2D eigenvalue weighted by Crippen LogP contribution is 2.29. The van der Waals surface area contributed by atoms with E-state index in [9.17, 15) is 24.0 Å². The van der Waals surface area contributed by atoms with Crippen LogP contribution in [0.4, 0.5) is 5.82 Å². The van der Waals surface area contributed by atoms with Crippen molar-refractivity contribution in [2.75, 3.05) is 19.0 Å². The summed E-state index contributed by atoms with van der Waals surface area (Å²) in [5.41, 5.74) is -0.928. The van der Waals surface area contributed by atoms with Crippen molar-refractivity contribution in [1.82, 2.24) is 56.7 Å². The van der Waals surface area contributed by atoms with Crippen molar-refractivity contribution in [3.05, 3.63) is 78.8 Å². The molecular formula is C25H29N13O5. The van der Waals surface area contributed by atoms with Gasteiger partial charge in [-0.25, -0.2) is 29.4 Å². The maximum Gasteiger partial charge on any atom is 0.332 e. The molecule has 18 heteroatoms. The van der Waals surface area contributed by atoms with Crippen LogP contribution < -0.4 is 27.4 Å². The monoisotopic (exact) mass is 591 g/mol. The third-order valence-corrected chi connectivity index (χ3v) is 7.91. The molecule has 0 saturated heterocycles. The molecule has 0 N–H and O–H groups in total. The molecule has 1 amide bonds. The minimum Gasteiger partial charge on any atom is -0.314 e. The van der Waals surface area contributed by atoms with Gasteiger partial charge in [0.05, 0.1) is 39.0 Å². The Morgan fingerprint density at radius 1 is 0.628 bits per heavy atom. The summed E-state index contributed by atoms with van der Waals surface area (Å²) >= 11 is 0. The van der Waals surface area contributed by atoms with Crippen LogP contribution in [0.15, 0.2) is 50.6 Å². The number of aryl methyl sites for hydroxylation is 2. The smallest absolute Gasteiger partial charge is 0.314 e. The minimum atomic E-state index is -0.524. The molecule has 0 bridgehead atoms. The summed E-state index contributed by atoms with van der Waals surface area (Å²) in [6.07, 6.45) is 4.43. The van der Waals surface area contributed by atoms with E-state index in [1.807, 2.05) is 4.90 Å². The summed E-state index contributed by atoms with van der Waals surface area (Å²) in [7, 11) is 9.22. The second kappa shape index (κ2) is 9.51. The van der Waals surface area contributed by atoms with Gasteiger partial charge in [-0.3, -0.25) is 37.6 Å². The SMILES string of the molecule is C=C1N(C)C(=O)c2c(ncn2CN(Cn2cnc3c2c(=O)n(C)c(=O)n3C)Cn2cnc3c2c(=O)n(C)c(=O)n3C)N1C. The van der Waals surface area contributed by atoms with Crippen molar-refractivity contribution >= 4 is 34.1 Å². The molecule has 18 nitrogen and oxygen atoms in total. The topological polar surface area (TPSA) is 168 Å². The Labute approximate surface area is 241 Å². The Bertz CT molecular complexity index is 2120. The zero-order chi connectivity index (χ0) is 31.1. The number of hydrogen-bond donors (Lipinski definition) is 0. The number of aromatic nitrogens is 10. The van der Waals surface area contributed by atoms with E-state index in [1.54, 1.807) is 32.7 Å². The number of anilines is 1. The fourth-order valence-corrected chi connectivity index (χ4v) is 5.36. The van der Waals surface area contributed by atoms with Gasteiger partial charge in [-0.1, -0.05) is 6.58 Å². The van der Waals surface area contributed by atoms with E-state index >= 15 is 0 Å². The Kier molecular flexibility index (Phi) is 6.11. The van der Waals surface area contributed by atoms with Crippen LogP contribution in [-0.4, -0.2) is 76.7 Å². The summed E-state index contributed by atoms with van der Waals surface area (Å²) in [5.74, 6) is 0.601. The number of carbonyl (C=O) groups is 1. The van der Waals surface area contributed by atoms with E-state index in [-0.39, 0.29) is 48.2 Å². The summed E-state index contributed by atoms with van der Waals surface area (Å²) in [6, 6.07) is 0. The predicted octanol–water partition coefficient (Wildman–Crippen LogP) is -2.05.